The van der Waals surface area contributed by atoms with E-state index in [1.54, 1.807) is 42.5 Å². The molecule has 2 aromatic carbocycles. The summed E-state index contributed by atoms with van der Waals surface area (Å²) in [5.74, 6) is -0.0851. The summed E-state index contributed by atoms with van der Waals surface area (Å²) in [4.78, 5) is 28.1. The van der Waals surface area contributed by atoms with Crippen LogP contribution in [0.15, 0.2) is 79.0 Å². The summed E-state index contributed by atoms with van der Waals surface area (Å²) in [5.41, 5.74) is 8.55. The molecule has 0 saturated heterocycles. The minimum Gasteiger partial charge on any atom is -0.384 e. The van der Waals surface area contributed by atoms with E-state index in [0.29, 0.717) is 23.6 Å². The van der Waals surface area contributed by atoms with Gasteiger partial charge >= 0.3 is 0 Å². The van der Waals surface area contributed by atoms with Crippen molar-refractivity contribution in [2.75, 3.05) is 11.1 Å². The van der Waals surface area contributed by atoms with Crippen LogP contribution in [0.2, 0.25) is 0 Å². The van der Waals surface area contributed by atoms with Gasteiger partial charge in [0.25, 0.3) is 5.91 Å². The first-order valence-electron chi connectivity index (χ1n) is 8.73. The number of nitrogen functional groups attached to an aromatic ring is 1. The smallest absolute Gasteiger partial charge is 0.255 e. The number of pyridine rings is 1. The fourth-order valence-corrected chi connectivity index (χ4v) is 2.49. The molecule has 2 amide bonds. The maximum absolute atomic E-state index is 12.3. The lowest BCUT2D eigenvalue weighted by atomic mass is 10.1. The maximum Gasteiger partial charge on any atom is 0.255 e. The van der Waals surface area contributed by atoms with Crippen LogP contribution in [0.4, 0.5) is 11.5 Å². The fourth-order valence-electron chi connectivity index (χ4n) is 2.49. The molecule has 1 aromatic heterocycles. The summed E-state index contributed by atoms with van der Waals surface area (Å²) in [5, 5.41) is 5.58. The Balaban J connectivity index is 1.52. The molecular weight excluding hydrogens is 352 g/mol. The van der Waals surface area contributed by atoms with E-state index >= 15 is 0 Å². The highest BCUT2D eigenvalue weighted by Crippen LogP contribution is 2.12. The SMILES string of the molecule is Nc1cc(NC(=O)c2ccc(CNC(=O)C=Cc3ccccc3)cc2)ccn1. The molecule has 3 rings (SSSR count). The van der Waals surface area contributed by atoms with Gasteiger partial charge in [-0.05, 0) is 35.4 Å². The number of nitrogens with zero attached hydrogens (tertiary/aromatic N) is 1. The van der Waals surface area contributed by atoms with Crippen molar-refractivity contribution in [1.82, 2.24) is 10.3 Å². The summed E-state index contributed by atoms with van der Waals surface area (Å²) in [7, 11) is 0. The number of benzene rings is 2. The molecule has 0 bridgehead atoms. The van der Waals surface area contributed by atoms with E-state index in [9.17, 15) is 9.59 Å². The number of hydrogen-bond donors (Lipinski definition) is 3. The van der Waals surface area contributed by atoms with Gasteiger partial charge in [-0.3, -0.25) is 9.59 Å². The van der Waals surface area contributed by atoms with E-state index in [0.717, 1.165) is 11.1 Å². The molecule has 0 atom stereocenters. The number of anilines is 2. The molecule has 0 radical (unpaired) electrons. The van der Waals surface area contributed by atoms with Gasteiger partial charge in [0.05, 0.1) is 0 Å². The predicted octanol–water partition coefficient (Wildman–Crippen LogP) is 3.25. The van der Waals surface area contributed by atoms with Crippen LogP contribution in [-0.4, -0.2) is 16.8 Å². The van der Waals surface area contributed by atoms with Crippen LogP contribution in [0.5, 0.6) is 0 Å². The minimum atomic E-state index is -0.244. The molecule has 0 aliphatic carbocycles. The van der Waals surface area contributed by atoms with E-state index in [2.05, 4.69) is 15.6 Å². The van der Waals surface area contributed by atoms with Crippen LogP contribution in [-0.2, 0) is 11.3 Å². The Morgan fingerprint density at radius 2 is 1.75 bits per heavy atom. The second-order valence-electron chi connectivity index (χ2n) is 6.08. The summed E-state index contributed by atoms with van der Waals surface area (Å²) in [6.07, 6.45) is 4.79. The van der Waals surface area contributed by atoms with Crippen molar-refractivity contribution in [1.29, 1.82) is 0 Å². The number of nitrogens with two attached hydrogens (primary N) is 1. The van der Waals surface area contributed by atoms with Crippen LogP contribution in [0.3, 0.4) is 0 Å². The number of amides is 2. The van der Waals surface area contributed by atoms with Crippen molar-refractivity contribution < 1.29 is 9.59 Å². The normalized spacial score (nSPS) is 10.6. The predicted molar refractivity (Wildman–Crippen MR) is 110 cm³/mol. The topological polar surface area (TPSA) is 97.1 Å². The zero-order valence-corrected chi connectivity index (χ0v) is 15.1. The quantitative estimate of drug-likeness (QED) is 0.579. The number of rotatable bonds is 6. The van der Waals surface area contributed by atoms with Crippen LogP contribution >= 0.6 is 0 Å². The summed E-state index contributed by atoms with van der Waals surface area (Å²) >= 11 is 0. The van der Waals surface area contributed by atoms with Crippen LogP contribution in [0, 0.1) is 0 Å². The first-order chi connectivity index (χ1) is 13.6. The van der Waals surface area contributed by atoms with Crippen molar-refractivity contribution in [3.8, 4) is 0 Å². The number of carbonyl (C=O) groups is 2. The van der Waals surface area contributed by atoms with Gasteiger partial charge in [0.1, 0.15) is 5.82 Å². The average molecular weight is 372 g/mol. The highest BCUT2D eigenvalue weighted by molar-refractivity contribution is 6.04. The van der Waals surface area contributed by atoms with Gasteiger partial charge in [0.15, 0.2) is 0 Å². The van der Waals surface area contributed by atoms with E-state index in [1.165, 1.54) is 12.3 Å². The molecule has 140 valence electrons. The van der Waals surface area contributed by atoms with Gasteiger partial charge in [-0.1, -0.05) is 42.5 Å². The van der Waals surface area contributed by atoms with Crippen molar-refractivity contribution in [3.63, 3.8) is 0 Å². The van der Waals surface area contributed by atoms with Crippen LogP contribution < -0.4 is 16.4 Å². The molecule has 0 saturated carbocycles. The lowest BCUT2D eigenvalue weighted by Gasteiger charge is -2.07. The fraction of sp³-hybridized carbons (Fsp3) is 0.0455. The first-order valence-corrected chi connectivity index (χ1v) is 8.73. The van der Waals surface area contributed by atoms with E-state index in [1.807, 2.05) is 30.3 Å². The summed E-state index contributed by atoms with van der Waals surface area (Å²) < 4.78 is 0. The van der Waals surface area contributed by atoms with Crippen LogP contribution in [0.25, 0.3) is 6.08 Å². The molecule has 1 heterocycles. The Hall–Kier alpha value is -3.93. The van der Waals surface area contributed by atoms with E-state index in [-0.39, 0.29) is 11.8 Å². The largest absolute Gasteiger partial charge is 0.384 e. The van der Waals surface area contributed by atoms with Gasteiger partial charge in [-0.2, -0.15) is 0 Å². The second kappa shape index (κ2) is 9.14. The molecular formula is C22H20N4O2. The zero-order chi connectivity index (χ0) is 19.8. The van der Waals surface area contributed by atoms with Crippen molar-refractivity contribution in [2.24, 2.45) is 0 Å². The molecule has 3 aromatic rings. The van der Waals surface area contributed by atoms with Crippen molar-refractivity contribution >= 4 is 29.4 Å². The summed E-state index contributed by atoms with van der Waals surface area (Å²) in [6, 6.07) is 19.9. The van der Waals surface area contributed by atoms with Crippen molar-refractivity contribution in [2.45, 2.75) is 6.54 Å². The molecule has 6 nitrogen and oxygen atoms in total. The molecule has 0 fully saturated rings. The second-order valence-corrected chi connectivity index (χ2v) is 6.08. The Morgan fingerprint density at radius 1 is 1.00 bits per heavy atom. The molecule has 0 aliphatic rings. The Labute approximate surface area is 163 Å². The molecule has 0 spiro atoms. The van der Waals surface area contributed by atoms with Crippen molar-refractivity contribution in [3.05, 3.63) is 95.7 Å². The van der Waals surface area contributed by atoms with Gasteiger partial charge in [-0.15, -0.1) is 0 Å². The van der Waals surface area contributed by atoms with Gasteiger partial charge < -0.3 is 16.4 Å². The summed E-state index contributed by atoms with van der Waals surface area (Å²) in [6.45, 7) is 0.376. The van der Waals surface area contributed by atoms with Crippen LogP contribution in [0.1, 0.15) is 21.5 Å². The molecule has 0 aliphatic heterocycles. The van der Waals surface area contributed by atoms with E-state index in [4.69, 9.17) is 5.73 Å². The lowest BCUT2D eigenvalue weighted by molar-refractivity contribution is -0.116. The third-order valence-electron chi connectivity index (χ3n) is 3.95. The molecule has 4 N–H and O–H groups in total. The number of nitrogens with one attached hydrogen (secondary N) is 2. The highest BCUT2D eigenvalue weighted by Gasteiger charge is 2.07. The number of hydrogen-bond acceptors (Lipinski definition) is 4. The molecule has 0 unspecified atom stereocenters. The standard InChI is InChI=1S/C22H20N4O2/c23-20-14-19(12-13-24-20)26-22(28)18-9-6-17(7-10-18)15-25-21(27)11-8-16-4-2-1-3-5-16/h1-14H,15H2,(H,25,27)(H3,23,24,26,28). The monoisotopic (exact) mass is 372 g/mol. The zero-order valence-electron chi connectivity index (χ0n) is 15.1. The van der Waals surface area contributed by atoms with Gasteiger partial charge in [0.2, 0.25) is 5.91 Å². The average Bonchev–Trinajstić information content (AvgIpc) is 2.72. The Morgan fingerprint density at radius 3 is 2.46 bits per heavy atom. The number of carbonyl (C=O) groups excluding carboxylic acids is 2. The Bertz CT molecular complexity index is 983. The molecule has 28 heavy (non-hydrogen) atoms. The van der Waals surface area contributed by atoms with E-state index < -0.39 is 0 Å². The third kappa shape index (κ3) is 5.54. The first kappa shape index (κ1) is 18.8. The minimum absolute atomic E-state index is 0.180. The number of aromatic nitrogens is 1. The third-order valence-corrected chi connectivity index (χ3v) is 3.95. The maximum atomic E-state index is 12.3. The van der Waals surface area contributed by atoms with Gasteiger partial charge in [0, 0.05) is 36.1 Å². The highest BCUT2D eigenvalue weighted by atomic mass is 16.2. The van der Waals surface area contributed by atoms with Gasteiger partial charge in [-0.25, -0.2) is 4.98 Å². The lowest BCUT2D eigenvalue weighted by Crippen LogP contribution is -2.20. The Kier molecular flexibility index (Phi) is 6.15. The molecule has 6 heteroatoms.